The van der Waals surface area contributed by atoms with E-state index in [1.54, 1.807) is 12.4 Å². The Morgan fingerprint density at radius 2 is 1.44 bits per heavy atom. The molecule has 136 valence electrons. The highest BCUT2D eigenvalue weighted by atomic mass is 16.2. The number of pyridine rings is 2. The number of hydrogen-bond donors (Lipinski definition) is 0. The summed E-state index contributed by atoms with van der Waals surface area (Å²) in [5.41, 5.74) is 1.77. The normalized spacial score (nSPS) is 15.4. The summed E-state index contributed by atoms with van der Waals surface area (Å²) in [5, 5.41) is 0. The van der Waals surface area contributed by atoms with Crippen molar-refractivity contribution >= 4 is 11.7 Å². The summed E-state index contributed by atoms with van der Waals surface area (Å²) >= 11 is 0. The van der Waals surface area contributed by atoms with Crippen LogP contribution in [0.2, 0.25) is 0 Å². The van der Waals surface area contributed by atoms with Crippen LogP contribution >= 0.6 is 0 Å². The van der Waals surface area contributed by atoms with E-state index in [1.165, 1.54) is 0 Å². The van der Waals surface area contributed by atoms with Crippen molar-refractivity contribution in [1.29, 1.82) is 0 Å². The van der Waals surface area contributed by atoms with E-state index in [0.717, 1.165) is 30.2 Å². The number of benzene rings is 1. The van der Waals surface area contributed by atoms with E-state index < -0.39 is 0 Å². The third-order valence-electron chi connectivity index (χ3n) is 4.93. The van der Waals surface area contributed by atoms with E-state index in [9.17, 15) is 4.79 Å². The largest absolute Gasteiger partial charge is 0.353 e. The van der Waals surface area contributed by atoms with Crippen LogP contribution in [0.15, 0.2) is 79.1 Å². The van der Waals surface area contributed by atoms with Crippen LogP contribution in [-0.4, -0.2) is 47.0 Å². The second-order valence-corrected chi connectivity index (χ2v) is 6.60. The molecule has 1 amide bonds. The summed E-state index contributed by atoms with van der Waals surface area (Å²) in [4.78, 5) is 26.4. The zero-order valence-electron chi connectivity index (χ0n) is 15.1. The van der Waals surface area contributed by atoms with Gasteiger partial charge in [-0.15, -0.1) is 0 Å². The highest BCUT2D eigenvalue weighted by Gasteiger charge is 2.30. The van der Waals surface area contributed by atoms with Crippen LogP contribution in [0.5, 0.6) is 0 Å². The van der Waals surface area contributed by atoms with Gasteiger partial charge in [-0.05, 0) is 29.8 Å². The number of aromatic nitrogens is 2. The number of carbonyl (C=O) groups is 1. The summed E-state index contributed by atoms with van der Waals surface area (Å²) in [6.07, 6.45) is 3.55. The lowest BCUT2D eigenvalue weighted by Gasteiger charge is -2.37. The minimum absolute atomic E-state index is 0.112. The van der Waals surface area contributed by atoms with Crippen molar-refractivity contribution in [1.82, 2.24) is 14.9 Å². The second kappa shape index (κ2) is 7.99. The first-order chi connectivity index (χ1) is 13.3. The first kappa shape index (κ1) is 17.2. The fourth-order valence-corrected chi connectivity index (χ4v) is 3.51. The van der Waals surface area contributed by atoms with Gasteiger partial charge in [0.15, 0.2) is 0 Å². The first-order valence-electron chi connectivity index (χ1n) is 9.23. The van der Waals surface area contributed by atoms with Gasteiger partial charge in [-0.1, -0.05) is 42.5 Å². The highest BCUT2D eigenvalue weighted by Crippen LogP contribution is 2.26. The molecule has 0 N–H and O–H groups in total. The molecule has 0 aliphatic carbocycles. The molecule has 5 nitrogen and oxygen atoms in total. The minimum atomic E-state index is -0.367. The molecule has 0 saturated carbocycles. The molecule has 1 unspecified atom stereocenters. The Hall–Kier alpha value is -3.21. The van der Waals surface area contributed by atoms with Gasteiger partial charge in [0.25, 0.3) is 0 Å². The molecule has 5 heteroatoms. The van der Waals surface area contributed by atoms with E-state index in [-0.39, 0.29) is 11.8 Å². The van der Waals surface area contributed by atoms with E-state index in [2.05, 4.69) is 14.9 Å². The molecule has 1 saturated heterocycles. The smallest absolute Gasteiger partial charge is 0.236 e. The first-order valence-corrected chi connectivity index (χ1v) is 9.23. The molecule has 3 heterocycles. The predicted octanol–water partition coefficient (Wildman–Crippen LogP) is 2.96. The highest BCUT2D eigenvalue weighted by molar-refractivity contribution is 5.87. The maximum Gasteiger partial charge on any atom is 0.236 e. The molecule has 1 aliphatic rings. The number of nitrogens with zero attached hydrogens (tertiary/aromatic N) is 4. The molecule has 2 aromatic heterocycles. The molecule has 0 spiro atoms. The molecule has 1 aliphatic heterocycles. The standard InChI is InChI=1S/C22H22N4O/c27-22(26-16-14-25(15-17-26)20-11-5-7-13-24-20)21(18-8-2-1-3-9-18)19-10-4-6-12-23-19/h1-13,21H,14-17H2. The second-order valence-electron chi connectivity index (χ2n) is 6.60. The van der Waals surface area contributed by atoms with Gasteiger partial charge in [-0.3, -0.25) is 9.78 Å². The number of carbonyl (C=O) groups excluding carboxylic acids is 1. The Morgan fingerprint density at radius 1 is 0.778 bits per heavy atom. The summed E-state index contributed by atoms with van der Waals surface area (Å²) in [5.74, 6) is 0.711. The summed E-state index contributed by atoms with van der Waals surface area (Å²) in [6, 6.07) is 21.6. The molecule has 0 bridgehead atoms. The number of amides is 1. The summed E-state index contributed by atoms with van der Waals surface area (Å²) in [7, 11) is 0. The van der Waals surface area contributed by atoms with E-state index in [1.807, 2.05) is 71.6 Å². The third-order valence-corrected chi connectivity index (χ3v) is 4.93. The van der Waals surface area contributed by atoms with Crippen LogP contribution in [0, 0.1) is 0 Å². The van der Waals surface area contributed by atoms with Crippen molar-refractivity contribution in [2.75, 3.05) is 31.1 Å². The number of anilines is 1. The van der Waals surface area contributed by atoms with Crippen LogP contribution in [0.3, 0.4) is 0 Å². The van der Waals surface area contributed by atoms with Gasteiger partial charge in [0.2, 0.25) is 5.91 Å². The summed E-state index contributed by atoms with van der Waals surface area (Å²) in [6.45, 7) is 2.94. The molecule has 4 rings (SSSR count). The van der Waals surface area contributed by atoms with Crippen molar-refractivity contribution in [3.05, 3.63) is 90.4 Å². The third kappa shape index (κ3) is 3.82. The van der Waals surface area contributed by atoms with Gasteiger partial charge in [0.05, 0.1) is 5.69 Å². The van der Waals surface area contributed by atoms with Crippen LogP contribution in [0.4, 0.5) is 5.82 Å². The van der Waals surface area contributed by atoms with Gasteiger partial charge in [-0.2, -0.15) is 0 Å². The quantitative estimate of drug-likeness (QED) is 0.719. The maximum absolute atomic E-state index is 13.4. The van der Waals surface area contributed by atoms with Crippen LogP contribution < -0.4 is 4.90 Å². The molecule has 1 atom stereocenters. The number of rotatable bonds is 4. The van der Waals surface area contributed by atoms with Gasteiger partial charge in [-0.25, -0.2) is 4.98 Å². The Bertz CT molecular complexity index is 823. The van der Waals surface area contributed by atoms with Crippen LogP contribution in [0.1, 0.15) is 17.2 Å². The number of hydrogen-bond acceptors (Lipinski definition) is 4. The van der Waals surface area contributed by atoms with Gasteiger partial charge in [0.1, 0.15) is 11.7 Å². The van der Waals surface area contributed by atoms with Crippen molar-refractivity contribution in [3.63, 3.8) is 0 Å². The monoisotopic (exact) mass is 358 g/mol. The van der Waals surface area contributed by atoms with Crippen LogP contribution in [0.25, 0.3) is 0 Å². The molecular weight excluding hydrogens is 336 g/mol. The minimum Gasteiger partial charge on any atom is -0.353 e. The molecular formula is C22H22N4O. The van der Waals surface area contributed by atoms with E-state index >= 15 is 0 Å². The lowest BCUT2D eigenvalue weighted by molar-refractivity contribution is -0.132. The van der Waals surface area contributed by atoms with Crippen molar-refractivity contribution in [3.8, 4) is 0 Å². The molecule has 27 heavy (non-hydrogen) atoms. The average Bonchev–Trinajstić information content (AvgIpc) is 2.76. The molecule has 1 fully saturated rings. The molecule has 1 aromatic carbocycles. The lowest BCUT2D eigenvalue weighted by atomic mass is 9.93. The fraction of sp³-hybridized carbons (Fsp3) is 0.227. The topological polar surface area (TPSA) is 49.3 Å². The van der Waals surface area contributed by atoms with E-state index in [0.29, 0.717) is 13.1 Å². The lowest BCUT2D eigenvalue weighted by Crippen LogP contribution is -2.50. The fourth-order valence-electron chi connectivity index (χ4n) is 3.51. The van der Waals surface area contributed by atoms with Crippen LogP contribution in [-0.2, 0) is 4.79 Å². The molecule has 3 aromatic rings. The van der Waals surface area contributed by atoms with Crippen molar-refractivity contribution in [2.24, 2.45) is 0 Å². The van der Waals surface area contributed by atoms with Crippen molar-refractivity contribution in [2.45, 2.75) is 5.92 Å². The Labute approximate surface area is 159 Å². The van der Waals surface area contributed by atoms with Gasteiger partial charge >= 0.3 is 0 Å². The summed E-state index contributed by atoms with van der Waals surface area (Å²) < 4.78 is 0. The Morgan fingerprint density at radius 3 is 2.07 bits per heavy atom. The van der Waals surface area contributed by atoms with Gasteiger partial charge < -0.3 is 9.80 Å². The predicted molar refractivity (Wildman–Crippen MR) is 106 cm³/mol. The van der Waals surface area contributed by atoms with E-state index in [4.69, 9.17) is 0 Å². The zero-order chi connectivity index (χ0) is 18.5. The SMILES string of the molecule is O=C(C(c1ccccc1)c1ccccn1)N1CCN(c2ccccn2)CC1. The maximum atomic E-state index is 13.4. The van der Waals surface area contributed by atoms with Crippen molar-refractivity contribution < 1.29 is 4.79 Å². The Kier molecular flexibility index (Phi) is 5.10. The van der Waals surface area contributed by atoms with Gasteiger partial charge in [0, 0.05) is 38.6 Å². The molecule has 0 radical (unpaired) electrons. The number of piperazine rings is 1. The average molecular weight is 358 g/mol. The zero-order valence-corrected chi connectivity index (χ0v) is 15.1. The Balaban J connectivity index is 1.53.